The smallest absolute Gasteiger partial charge is 0.309 e. The van der Waals surface area contributed by atoms with Crippen LogP contribution in [0.15, 0.2) is 0 Å². The Morgan fingerprint density at radius 3 is 2.48 bits per heavy atom. The molecule has 0 aromatic heterocycles. The zero-order valence-corrected chi connectivity index (χ0v) is 14.0. The molecule has 7 nitrogen and oxygen atoms in total. The summed E-state index contributed by atoms with van der Waals surface area (Å²) in [7, 11) is 1.67. The highest BCUT2D eigenvalue weighted by Crippen LogP contribution is 2.19. The van der Waals surface area contributed by atoms with Crippen molar-refractivity contribution in [1.29, 1.82) is 0 Å². The van der Waals surface area contributed by atoms with E-state index in [0.29, 0.717) is 32.5 Å². The molecule has 2 aliphatic rings. The number of nitrogens with one attached hydrogen (secondary N) is 1. The number of carbonyl (C=O) groups excluding carboxylic acids is 3. The molecule has 7 heteroatoms. The minimum Gasteiger partial charge on any atom is -0.466 e. The Morgan fingerprint density at radius 1 is 1.22 bits per heavy atom. The molecule has 130 valence electrons. The summed E-state index contributed by atoms with van der Waals surface area (Å²) >= 11 is 0. The average molecular weight is 325 g/mol. The third-order valence-electron chi connectivity index (χ3n) is 4.57. The Balaban J connectivity index is 1.76. The number of amides is 2. The summed E-state index contributed by atoms with van der Waals surface area (Å²) in [5.41, 5.74) is 0. The van der Waals surface area contributed by atoms with Gasteiger partial charge in [0.15, 0.2) is 0 Å². The molecule has 0 spiro atoms. The number of likely N-dealkylation sites (tertiary alicyclic amines) is 1. The van der Waals surface area contributed by atoms with Crippen LogP contribution in [0.4, 0.5) is 0 Å². The standard InChI is InChI=1S/C16H27N3O4/c1-3-23-16(22)12-6-9-19(10-7-12)14(20)11-18(2)15(21)13-5-4-8-17-13/h12-13,17H,3-11H2,1-2H3. The van der Waals surface area contributed by atoms with Gasteiger partial charge in [0.25, 0.3) is 0 Å². The van der Waals surface area contributed by atoms with Gasteiger partial charge in [0.05, 0.1) is 25.1 Å². The van der Waals surface area contributed by atoms with Gasteiger partial charge in [-0.2, -0.15) is 0 Å². The van der Waals surface area contributed by atoms with Crippen LogP contribution in [-0.2, 0) is 19.1 Å². The third-order valence-corrected chi connectivity index (χ3v) is 4.57. The summed E-state index contributed by atoms with van der Waals surface area (Å²) in [6.45, 7) is 4.24. The molecule has 1 atom stereocenters. The van der Waals surface area contributed by atoms with E-state index in [1.807, 2.05) is 0 Å². The average Bonchev–Trinajstić information content (AvgIpc) is 3.08. The minimum atomic E-state index is -0.167. The van der Waals surface area contributed by atoms with Crippen molar-refractivity contribution in [3.05, 3.63) is 0 Å². The number of ether oxygens (including phenoxy) is 1. The highest BCUT2D eigenvalue weighted by Gasteiger charge is 2.30. The molecule has 23 heavy (non-hydrogen) atoms. The minimum absolute atomic E-state index is 0.0164. The van der Waals surface area contributed by atoms with Crippen molar-refractivity contribution < 1.29 is 19.1 Å². The molecule has 1 N–H and O–H groups in total. The first-order valence-electron chi connectivity index (χ1n) is 8.45. The van der Waals surface area contributed by atoms with Gasteiger partial charge in [0, 0.05) is 20.1 Å². The van der Waals surface area contributed by atoms with Crippen LogP contribution in [0.3, 0.4) is 0 Å². The fourth-order valence-electron chi connectivity index (χ4n) is 3.17. The van der Waals surface area contributed by atoms with Crippen molar-refractivity contribution in [2.24, 2.45) is 5.92 Å². The van der Waals surface area contributed by atoms with E-state index >= 15 is 0 Å². The first kappa shape index (κ1) is 17.7. The van der Waals surface area contributed by atoms with Crippen molar-refractivity contribution in [3.63, 3.8) is 0 Å². The van der Waals surface area contributed by atoms with E-state index in [4.69, 9.17) is 4.74 Å². The zero-order valence-electron chi connectivity index (χ0n) is 14.0. The van der Waals surface area contributed by atoms with E-state index in [0.717, 1.165) is 19.4 Å². The first-order chi connectivity index (χ1) is 11.0. The molecule has 0 aromatic carbocycles. The lowest BCUT2D eigenvalue weighted by atomic mass is 9.97. The van der Waals surface area contributed by atoms with Crippen LogP contribution >= 0.6 is 0 Å². The van der Waals surface area contributed by atoms with E-state index in [-0.39, 0.29) is 36.3 Å². The van der Waals surface area contributed by atoms with E-state index < -0.39 is 0 Å². The van der Waals surface area contributed by atoms with Crippen molar-refractivity contribution in [2.75, 3.05) is 39.8 Å². The number of hydrogen-bond acceptors (Lipinski definition) is 5. The maximum Gasteiger partial charge on any atom is 0.309 e. The summed E-state index contributed by atoms with van der Waals surface area (Å²) in [5, 5.41) is 3.15. The highest BCUT2D eigenvalue weighted by molar-refractivity contribution is 5.87. The second-order valence-corrected chi connectivity index (χ2v) is 6.25. The number of nitrogens with zero attached hydrogens (tertiary/aromatic N) is 2. The lowest BCUT2D eigenvalue weighted by Crippen LogP contribution is -2.48. The molecule has 1 unspecified atom stereocenters. The van der Waals surface area contributed by atoms with E-state index in [1.165, 1.54) is 4.90 Å². The van der Waals surface area contributed by atoms with Crippen molar-refractivity contribution in [2.45, 2.75) is 38.6 Å². The lowest BCUT2D eigenvalue weighted by Gasteiger charge is -2.32. The second-order valence-electron chi connectivity index (χ2n) is 6.25. The van der Waals surface area contributed by atoms with Gasteiger partial charge in [-0.05, 0) is 39.2 Å². The van der Waals surface area contributed by atoms with Crippen molar-refractivity contribution >= 4 is 17.8 Å². The topological polar surface area (TPSA) is 79.0 Å². The van der Waals surface area contributed by atoms with Crippen LogP contribution in [0.2, 0.25) is 0 Å². The van der Waals surface area contributed by atoms with E-state index in [9.17, 15) is 14.4 Å². The van der Waals surface area contributed by atoms with Crippen molar-refractivity contribution in [3.8, 4) is 0 Å². The van der Waals surface area contributed by atoms with Gasteiger partial charge in [0.1, 0.15) is 0 Å². The predicted octanol–water partition coefficient (Wildman–Crippen LogP) is -0.00150. The van der Waals surface area contributed by atoms with E-state index in [1.54, 1.807) is 18.9 Å². The van der Waals surface area contributed by atoms with Gasteiger partial charge < -0.3 is 19.9 Å². The Hall–Kier alpha value is -1.63. The maximum absolute atomic E-state index is 12.3. The van der Waals surface area contributed by atoms with Gasteiger partial charge in [-0.25, -0.2) is 0 Å². The number of rotatable bonds is 5. The summed E-state index contributed by atoms with van der Waals surface area (Å²) < 4.78 is 5.03. The van der Waals surface area contributed by atoms with Gasteiger partial charge in [-0.1, -0.05) is 0 Å². The zero-order chi connectivity index (χ0) is 16.8. The molecule has 2 saturated heterocycles. The molecule has 0 bridgehead atoms. The molecule has 0 saturated carbocycles. The molecule has 2 aliphatic heterocycles. The Bertz CT molecular complexity index is 441. The van der Waals surface area contributed by atoms with Crippen molar-refractivity contribution in [1.82, 2.24) is 15.1 Å². The fourth-order valence-corrected chi connectivity index (χ4v) is 3.17. The fraction of sp³-hybridized carbons (Fsp3) is 0.812. The number of hydrogen-bond donors (Lipinski definition) is 1. The summed E-state index contributed by atoms with van der Waals surface area (Å²) in [6, 6.07) is -0.151. The molecule has 2 rings (SSSR count). The molecule has 2 heterocycles. The Labute approximate surface area is 137 Å². The predicted molar refractivity (Wildman–Crippen MR) is 84.6 cm³/mol. The maximum atomic E-state index is 12.3. The van der Waals surface area contributed by atoms with Crippen LogP contribution < -0.4 is 5.32 Å². The second kappa shape index (κ2) is 8.29. The molecule has 0 radical (unpaired) electrons. The molecule has 2 amide bonds. The molecular formula is C16H27N3O4. The normalized spacial score (nSPS) is 22.0. The number of likely N-dealkylation sites (N-methyl/N-ethyl adjacent to an activating group) is 1. The van der Waals surface area contributed by atoms with Gasteiger partial charge in [-0.15, -0.1) is 0 Å². The summed E-state index contributed by atoms with van der Waals surface area (Å²) in [4.78, 5) is 39.5. The molecule has 2 fully saturated rings. The quantitative estimate of drug-likeness (QED) is 0.720. The molecular weight excluding hydrogens is 298 g/mol. The number of carbonyl (C=O) groups is 3. The monoisotopic (exact) mass is 325 g/mol. The van der Waals surface area contributed by atoms with Crippen LogP contribution in [0.1, 0.15) is 32.6 Å². The van der Waals surface area contributed by atoms with Crippen LogP contribution in [0.25, 0.3) is 0 Å². The van der Waals surface area contributed by atoms with E-state index in [2.05, 4.69) is 5.32 Å². The summed E-state index contributed by atoms with van der Waals surface area (Å²) in [5.74, 6) is -0.348. The summed E-state index contributed by atoms with van der Waals surface area (Å²) in [6.07, 6.45) is 3.10. The van der Waals surface area contributed by atoms with Crippen LogP contribution in [-0.4, -0.2) is 73.5 Å². The lowest BCUT2D eigenvalue weighted by molar-refractivity contribution is -0.151. The number of esters is 1. The molecule has 0 aromatic rings. The Morgan fingerprint density at radius 2 is 1.91 bits per heavy atom. The van der Waals surface area contributed by atoms with Gasteiger partial charge in [0.2, 0.25) is 11.8 Å². The Kier molecular flexibility index (Phi) is 6.38. The van der Waals surface area contributed by atoms with Crippen LogP contribution in [0.5, 0.6) is 0 Å². The number of piperidine rings is 1. The molecule has 0 aliphatic carbocycles. The largest absolute Gasteiger partial charge is 0.466 e. The SMILES string of the molecule is CCOC(=O)C1CCN(C(=O)CN(C)C(=O)C2CCCN2)CC1. The van der Waals surface area contributed by atoms with Gasteiger partial charge >= 0.3 is 5.97 Å². The van der Waals surface area contributed by atoms with Crippen LogP contribution in [0, 0.1) is 5.92 Å². The highest BCUT2D eigenvalue weighted by atomic mass is 16.5. The van der Waals surface area contributed by atoms with Gasteiger partial charge in [-0.3, -0.25) is 14.4 Å². The first-order valence-corrected chi connectivity index (χ1v) is 8.45. The third kappa shape index (κ3) is 4.67.